The van der Waals surface area contributed by atoms with E-state index < -0.39 is 0 Å². The maximum atomic E-state index is 11.6. The van der Waals surface area contributed by atoms with Gasteiger partial charge in [-0.05, 0) is 31.0 Å². The summed E-state index contributed by atoms with van der Waals surface area (Å²) in [6.07, 6.45) is 6.20. The minimum Gasteiger partial charge on any atom is -0.338 e. The van der Waals surface area contributed by atoms with E-state index in [1.807, 2.05) is 29.3 Å². The number of amides is 1. The van der Waals surface area contributed by atoms with Crippen LogP contribution in [0.5, 0.6) is 0 Å². The quantitative estimate of drug-likeness (QED) is 0.808. The smallest absolute Gasteiger partial charge is 0.219 e. The van der Waals surface area contributed by atoms with E-state index in [0.29, 0.717) is 6.54 Å². The molecule has 3 heterocycles. The van der Waals surface area contributed by atoms with Crippen LogP contribution in [0.2, 0.25) is 5.02 Å². The minimum absolute atomic E-state index is 0.114. The zero-order valence-electron chi connectivity index (χ0n) is 15.7. The average Bonchev–Trinajstić information content (AvgIpc) is 2.69. The molecule has 1 aromatic heterocycles. The lowest BCUT2D eigenvalue weighted by molar-refractivity contribution is -0.129. The van der Waals surface area contributed by atoms with Gasteiger partial charge in [-0.25, -0.2) is 9.97 Å². The van der Waals surface area contributed by atoms with Crippen LogP contribution in [0, 0.1) is 0 Å². The highest BCUT2D eigenvalue weighted by Crippen LogP contribution is 2.32. The summed E-state index contributed by atoms with van der Waals surface area (Å²) in [6, 6.07) is 8.28. The first-order valence-electron chi connectivity index (χ1n) is 9.69. The SMILES string of the molecule is CC(=O)N1CCc2nc(C3CCCCN3Cc3ccccc3Cl)ncc2C1. The summed E-state index contributed by atoms with van der Waals surface area (Å²) in [7, 11) is 0. The first-order valence-corrected chi connectivity index (χ1v) is 10.1. The third-order valence-electron chi connectivity index (χ3n) is 5.64. The lowest BCUT2D eigenvalue weighted by Gasteiger charge is -2.35. The largest absolute Gasteiger partial charge is 0.338 e. The van der Waals surface area contributed by atoms with Crippen molar-refractivity contribution in [2.24, 2.45) is 0 Å². The Morgan fingerprint density at radius 1 is 1.26 bits per heavy atom. The standard InChI is InChI=1S/C21H25ClN4O/c1-15(27)25-11-9-19-17(14-25)12-23-21(24-19)20-8-4-5-10-26(20)13-16-6-2-3-7-18(16)22/h2-3,6-7,12,20H,4-5,8-11,13-14H2,1H3. The molecule has 0 aliphatic carbocycles. The van der Waals surface area contributed by atoms with Crippen molar-refractivity contribution < 1.29 is 4.79 Å². The Balaban J connectivity index is 1.56. The molecule has 0 bridgehead atoms. The number of halogens is 1. The number of benzene rings is 1. The molecule has 1 unspecified atom stereocenters. The second kappa shape index (κ2) is 7.95. The van der Waals surface area contributed by atoms with Gasteiger partial charge in [0.25, 0.3) is 0 Å². The van der Waals surface area contributed by atoms with Crippen molar-refractivity contribution in [3.8, 4) is 0 Å². The number of carbonyl (C=O) groups is 1. The molecule has 0 spiro atoms. The van der Waals surface area contributed by atoms with Crippen LogP contribution in [0.15, 0.2) is 30.5 Å². The van der Waals surface area contributed by atoms with E-state index in [0.717, 1.165) is 60.1 Å². The van der Waals surface area contributed by atoms with Crippen LogP contribution >= 0.6 is 11.6 Å². The molecule has 0 saturated carbocycles. The number of hydrogen-bond acceptors (Lipinski definition) is 4. The first kappa shape index (κ1) is 18.4. The Kier molecular flexibility index (Phi) is 5.41. The Bertz CT molecular complexity index is 841. The third kappa shape index (κ3) is 3.99. The van der Waals surface area contributed by atoms with E-state index >= 15 is 0 Å². The molecule has 0 N–H and O–H groups in total. The second-order valence-corrected chi connectivity index (χ2v) is 7.87. The van der Waals surface area contributed by atoms with Gasteiger partial charge in [0, 0.05) is 49.8 Å². The highest BCUT2D eigenvalue weighted by molar-refractivity contribution is 6.31. The second-order valence-electron chi connectivity index (χ2n) is 7.46. The summed E-state index contributed by atoms with van der Waals surface area (Å²) in [5.41, 5.74) is 3.33. The Morgan fingerprint density at radius 3 is 2.93 bits per heavy atom. The number of piperidine rings is 1. The molecule has 1 aromatic carbocycles. The van der Waals surface area contributed by atoms with Crippen molar-refractivity contribution in [2.45, 2.75) is 51.7 Å². The van der Waals surface area contributed by atoms with Crippen molar-refractivity contribution in [3.63, 3.8) is 0 Å². The molecule has 1 saturated heterocycles. The summed E-state index contributed by atoms with van der Waals surface area (Å²) in [6.45, 7) is 4.85. The van der Waals surface area contributed by atoms with Gasteiger partial charge < -0.3 is 4.90 Å². The highest BCUT2D eigenvalue weighted by Gasteiger charge is 2.28. The zero-order chi connectivity index (χ0) is 18.8. The summed E-state index contributed by atoms with van der Waals surface area (Å²) in [5.74, 6) is 1.03. The van der Waals surface area contributed by atoms with E-state index in [1.54, 1.807) is 6.92 Å². The van der Waals surface area contributed by atoms with Gasteiger partial charge >= 0.3 is 0 Å². The molecular weight excluding hydrogens is 360 g/mol. The molecule has 2 aliphatic heterocycles. The Labute approximate surface area is 165 Å². The number of hydrogen-bond donors (Lipinski definition) is 0. The highest BCUT2D eigenvalue weighted by atomic mass is 35.5. The predicted molar refractivity (Wildman–Crippen MR) is 105 cm³/mol. The van der Waals surface area contributed by atoms with Gasteiger partial charge in [-0.15, -0.1) is 0 Å². The molecule has 5 nitrogen and oxygen atoms in total. The van der Waals surface area contributed by atoms with Crippen LogP contribution in [0.3, 0.4) is 0 Å². The fraction of sp³-hybridized carbons (Fsp3) is 0.476. The van der Waals surface area contributed by atoms with E-state index in [9.17, 15) is 4.79 Å². The van der Waals surface area contributed by atoms with E-state index in [1.165, 1.54) is 12.8 Å². The maximum absolute atomic E-state index is 11.6. The lowest BCUT2D eigenvalue weighted by Crippen LogP contribution is -2.36. The molecule has 142 valence electrons. The predicted octanol–water partition coefficient (Wildman–Crippen LogP) is 3.76. The van der Waals surface area contributed by atoms with Crippen molar-refractivity contribution in [1.82, 2.24) is 19.8 Å². The average molecular weight is 385 g/mol. The summed E-state index contributed by atoms with van der Waals surface area (Å²) in [5, 5.41) is 0.817. The Morgan fingerprint density at radius 2 is 2.11 bits per heavy atom. The lowest BCUT2D eigenvalue weighted by atomic mass is 9.99. The monoisotopic (exact) mass is 384 g/mol. The number of rotatable bonds is 3. The summed E-state index contributed by atoms with van der Waals surface area (Å²) in [4.78, 5) is 25.6. The van der Waals surface area contributed by atoms with Crippen LogP contribution in [0.25, 0.3) is 0 Å². The van der Waals surface area contributed by atoms with Crippen LogP contribution in [-0.4, -0.2) is 38.8 Å². The minimum atomic E-state index is 0.114. The Hall–Kier alpha value is -1.98. The normalized spacial score (nSPS) is 20.4. The number of carbonyl (C=O) groups excluding carboxylic acids is 1. The first-order chi connectivity index (χ1) is 13.1. The topological polar surface area (TPSA) is 49.3 Å². The van der Waals surface area contributed by atoms with Gasteiger partial charge in [0.1, 0.15) is 5.82 Å². The fourth-order valence-corrected chi connectivity index (χ4v) is 4.27. The summed E-state index contributed by atoms with van der Waals surface area (Å²) < 4.78 is 0. The van der Waals surface area contributed by atoms with Gasteiger partial charge in [-0.3, -0.25) is 9.69 Å². The van der Waals surface area contributed by atoms with Crippen molar-refractivity contribution in [1.29, 1.82) is 0 Å². The summed E-state index contributed by atoms with van der Waals surface area (Å²) >= 11 is 6.38. The van der Waals surface area contributed by atoms with E-state index in [2.05, 4.69) is 11.0 Å². The van der Waals surface area contributed by atoms with Crippen molar-refractivity contribution in [2.75, 3.05) is 13.1 Å². The number of likely N-dealkylation sites (tertiary alicyclic amines) is 1. The number of nitrogens with zero attached hydrogens (tertiary/aromatic N) is 4. The van der Waals surface area contributed by atoms with Crippen molar-refractivity contribution in [3.05, 3.63) is 58.1 Å². The molecular formula is C21H25ClN4O. The van der Waals surface area contributed by atoms with Crippen LogP contribution in [0.4, 0.5) is 0 Å². The van der Waals surface area contributed by atoms with Crippen LogP contribution in [0.1, 0.15) is 54.9 Å². The molecule has 27 heavy (non-hydrogen) atoms. The third-order valence-corrected chi connectivity index (χ3v) is 6.01. The van der Waals surface area contributed by atoms with Crippen LogP contribution < -0.4 is 0 Å². The van der Waals surface area contributed by atoms with Gasteiger partial charge in [0.15, 0.2) is 0 Å². The molecule has 1 amide bonds. The molecule has 0 radical (unpaired) electrons. The van der Waals surface area contributed by atoms with E-state index in [4.69, 9.17) is 21.6 Å². The molecule has 6 heteroatoms. The van der Waals surface area contributed by atoms with Crippen molar-refractivity contribution >= 4 is 17.5 Å². The van der Waals surface area contributed by atoms with Gasteiger partial charge in [0.05, 0.1) is 11.7 Å². The maximum Gasteiger partial charge on any atom is 0.219 e. The van der Waals surface area contributed by atoms with Gasteiger partial charge in [-0.2, -0.15) is 0 Å². The zero-order valence-corrected chi connectivity index (χ0v) is 16.5. The molecule has 1 fully saturated rings. The molecule has 1 atom stereocenters. The van der Waals surface area contributed by atoms with Gasteiger partial charge in [-0.1, -0.05) is 36.2 Å². The van der Waals surface area contributed by atoms with Crippen LogP contribution in [-0.2, 0) is 24.3 Å². The molecule has 2 aliphatic rings. The number of fused-ring (bicyclic) bond motifs is 1. The number of aromatic nitrogens is 2. The molecule has 2 aromatic rings. The van der Waals surface area contributed by atoms with E-state index in [-0.39, 0.29) is 11.9 Å². The van der Waals surface area contributed by atoms with Gasteiger partial charge in [0.2, 0.25) is 5.91 Å². The fourth-order valence-electron chi connectivity index (χ4n) is 4.08. The molecule has 4 rings (SSSR count).